The molecule has 0 spiro atoms. The van der Waals surface area contributed by atoms with Gasteiger partial charge in [-0.25, -0.2) is 8.78 Å². The summed E-state index contributed by atoms with van der Waals surface area (Å²) in [6, 6.07) is 8.97. The molecule has 2 aromatic carbocycles. The van der Waals surface area contributed by atoms with Crippen LogP contribution in [0.2, 0.25) is 5.02 Å². The lowest BCUT2D eigenvalue weighted by atomic mass is 9.75. The lowest BCUT2D eigenvalue weighted by Crippen LogP contribution is -2.44. The number of rotatable bonds is 11. The Balaban J connectivity index is 1.36. The van der Waals surface area contributed by atoms with Gasteiger partial charge < -0.3 is 14.2 Å². The molecule has 1 fully saturated rings. The third-order valence-corrected chi connectivity index (χ3v) is 7.65. The highest BCUT2D eigenvalue weighted by Gasteiger charge is 2.35. The summed E-state index contributed by atoms with van der Waals surface area (Å²) in [6.45, 7) is 4.26. The molecule has 1 aliphatic rings. The van der Waals surface area contributed by atoms with Crippen LogP contribution in [0.5, 0.6) is 11.5 Å². The average molecular weight is 547 g/mol. The number of fused-ring (bicyclic) bond motifs is 1. The molecule has 3 aromatic rings. The Labute approximate surface area is 226 Å². The third-order valence-electron chi connectivity index (χ3n) is 7.32. The van der Waals surface area contributed by atoms with Gasteiger partial charge in [-0.2, -0.15) is 0 Å². The highest BCUT2D eigenvalue weighted by molar-refractivity contribution is 6.32. The van der Waals surface area contributed by atoms with Crippen LogP contribution < -0.4 is 9.47 Å². The van der Waals surface area contributed by atoms with Crippen LogP contribution in [-0.4, -0.2) is 55.8 Å². The van der Waals surface area contributed by atoms with Gasteiger partial charge in [-0.05, 0) is 81.1 Å². The van der Waals surface area contributed by atoms with Crippen LogP contribution in [0.15, 0.2) is 42.6 Å². The molecule has 0 bridgehead atoms. The Bertz CT molecular complexity index is 1260. The summed E-state index contributed by atoms with van der Waals surface area (Å²) < 4.78 is 43.6. The molecule has 1 aliphatic heterocycles. The fourth-order valence-corrected chi connectivity index (χ4v) is 5.31. The first kappa shape index (κ1) is 28.0. The number of nitrogens with zero attached hydrogens (tertiary/aromatic N) is 2. The van der Waals surface area contributed by atoms with Crippen molar-refractivity contribution in [3.63, 3.8) is 0 Å². The summed E-state index contributed by atoms with van der Waals surface area (Å²) in [7, 11) is 1.63. The van der Waals surface area contributed by atoms with E-state index in [2.05, 4.69) is 9.88 Å². The highest BCUT2D eigenvalue weighted by Crippen LogP contribution is 2.38. The summed E-state index contributed by atoms with van der Waals surface area (Å²) in [5, 5.41) is 1.61. The van der Waals surface area contributed by atoms with E-state index in [0.29, 0.717) is 18.2 Å². The van der Waals surface area contributed by atoms with Crippen LogP contribution in [-0.2, 0) is 16.0 Å². The number of carbonyl (C=O) groups excluding carboxylic acids is 1. The van der Waals surface area contributed by atoms with Gasteiger partial charge in [0.2, 0.25) is 0 Å². The first-order valence-corrected chi connectivity index (χ1v) is 13.2. The van der Waals surface area contributed by atoms with Crippen molar-refractivity contribution < 1.29 is 27.8 Å². The maximum absolute atomic E-state index is 13.8. The minimum atomic E-state index is -0.578. The number of aryl methyl sites for hydroxylation is 1. The number of carbonyl (C=O) groups is 1. The van der Waals surface area contributed by atoms with Crippen LogP contribution >= 0.6 is 11.6 Å². The fraction of sp³-hybridized carbons (Fsp3) is 0.448. The topological polar surface area (TPSA) is 60.9 Å². The van der Waals surface area contributed by atoms with Crippen molar-refractivity contribution in [1.29, 1.82) is 0 Å². The third kappa shape index (κ3) is 7.11. The van der Waals surface area contributed by atoms with Crippen LogP contribution in [0.4, 0.5) is 8.78 Å². The Hall–Kier alpha value is -2.97. The molecule has 0 amide bonds. The number of hydrogen-bond donors (Lipinski definition) is 0. The van der Waals surface area contributed by atoms with Crippen molar-refractivity contribution in [2.45, 2.75) is 39.0 Å². The van der Waals surface area contributed by atoms with Crippen molar-refractivity contribution in [3.05, 3.63) is 64.8 Å². The molecule has 0 saturated carbocycles. The number of aromatic nitrogens is 1. The largest absolute Gasteiger partial charge is 0.497 e. The second-order valence-corrected chi connectivity index (χ2v) is 10.3. The quantitative estimate of drug-likeness (QED) is 0.266. The highest BCUT2D eigenvalue weighted by atomic mass is 35.5. The molecule has 0 N–H and O–H groups in total. The van der Waals surface area contributed by atoms with Gasteiger partial charge in [0.25, 0.3) is 0 Å². The zero-order valence-electron chi connectivity index (χ0n) is 21.8. The van der Waals surface area contributed by atoms with Crippen LogP contribution in [0, 0.1) is 17.0 Å². The van der Waals surface area contributed by atoms with Gasteiger partial charge in [0.15, 0.2) is 11.6 Å². The lowest BCUT2D eigenvalue weighted by molar-refractivity contribution is -0.146. The number of likely N-dealkylation sites (tertiary alicyclic amines) is 1. The first-order chi connectivity index (χ1) is 18.3. The van der Waals surface area contributed by atoms with Crippen LogP contribution in [0.25, 0.3) is 10.9 Å². The van der Waals surface area contributed by atoms with Crippen LogP contribution in [0.3, 0.4) is 0 Å². The number of piperidine rings is 1. The predicted octanol–water partition coefficient (Wildman–Crippen LogP) is 6.22. The van der Waals surface area contributed by atoms with E-state index in [9.17, 15) is 13.6 Å². The smallest absolute Gasteiger partial charge is 0.302 e. The van der Waals surface area contributed by atoms with E-state index < -0.39 is 11.6 Å². The molecule has 0 aliphatic carbocycles. The molecule has 38 heavy (non-hydrogen) atoms. The van der Waals surface area contributed by atoms with Gasteiger partial charge in [-0.1, -0.05) is 11.6 Å². The van der Waals surface area contributed by atoms with E-state index in [1.165, 1.54) is 6.92 Å². The minimum Gasteiger partial charge on any atom is -0.497 e. The molecule has 204 valence electrons. The van der Waals surface area contributed by atoms with E-state index >= 15 is 0 Å². The van der Waals surface area contributed by atoms with Crippen molar-refractivity contribution in [2.24, 2.45) is 5.41 Å². The zero-order chi connectivity index (χ0) is 27.1. The molecule has 4 rings (SSSR count). The van der Waals surface area contributed by atoms with Gasteiger partial charge in [0.05, 0.1) is 24.3 Å². The summed E-state index contributed by atoms with van der Waals surface area (Å²) in [4.78, 5) is 18.3. The zero-order valence-corrected chi connectivity index (χ0v) is 22.5. The predicted molar refractivity (Wildman–Crippen MR) is 143 cm³/mol. The molecule has 0 unspecified atom stereocenters. The SMILES string of the molecule is COc1ccc2ncc(Cl)c(CCCC3(COC(C)=O)CCN(CCOc4cc(F)ccc4F)CC3)c2c1. The second-order valence-electron chi connectivity index (χ2n) is 9.87. The van der Waals surface area contributed by atoms with Gasteiger partial charge in [0, 0.05) is 36.5 Å². The lowest BCUT2D eigenvalue weighted by Gasteiger charge is -2.41. The van der Waals surface area contributed by atoms with Gasteiger partial charge >= 0.3 is 5.97 Å². The van der Waals surface area contributed by atoms with Crippen molar-refractivity contribution in [3.8, 4) is 11.5 Å². The number of methoxy groups -OCH3 is 1. The molecule has 0 atom stereocenters. The minimum absolute atomic E-state index is 0.0777. The molecular formula is C29H33ClF2N2O4. The van der Waals surface area contributed by atoms with E-state index in [1.807, 2.05) is 18.2 Å². The number of pyridine rings is 1. The molecular weight excluding hydrogens is 514 g/mol. The molecule has 2 heterocycles. The first-order valence-electron chi connectivity index (χ1n) is 12.8. The van der Waals surface area contributed by atoms with Crippen LogP contribution in [0.1, 0.15) is 38.2 Å². The van der Waals surface area contributed by atoms with Gasteiger partial charge in [-0.3, -0.25) is 14.7 Å². The molecule has 6 nitrogen and oxygen atoms in total. The van der Waals surface area contributed by atoms with Crippen molar-refractivity contribution in [1.82, 2.24) is 9.88 Å². The summed E-state index contributed by atoms with van der Waals surface area (Å²) in [6.07, 6.45) is 5.92. The van der Waals surface area contributed by atoms with E-state index in [0.717, 1.165) is 85.6 Å². The summed E-state index contributed by atoms with van der Waals surface area (Å²) in [5.74, 6) is -0.717. The van der Waals surface area contributed by atoms with E-state index in [1.54, 1.807) is 13.3 Å². The Morgan fingerprint density at radius 1 is 1.16 bits per heavy atom. The number of halogens is 3. The van der Waals surface area contributed by atoms with Crippen molar-refractivity contribution in [2.75, 3.05) is 40.0 Å². The number of hydrogen-bond acceptors (Lipinski definition) is 6. The summed E-state index contributed by atoms with van der Waals surface area (Å²) >= 11 is 6.55. The summed E-state index contributed by atoms with van der Waals surface area (Å²) in [5.41, 5.74) is 1.77. The molecule has 9 heteroatoms. The Morgan fingerprint density at radius 2 is 1.95 bits per heavy atom. The fourth-order valence-electron chi connectivity index (χ4n) is 5.07. The average Bonchev–Trinajstić information content (AvgIpc) is 2.91. The van der Waals surface area contributed by atoms with E-state index in [4.69, 9.17) is 25.8 Å². The maximum atomic E-state index is 13.8. The monoisotopic (exact) mass is 546 g/mol. The second kappa shape index (κ2) is 12.7. The molecule has 0 radical (unpaired) electrons. The van der Waals surface area contributed by atoms with Gasteiger partial charge in [-0.15, -0.1) is 0 Å². The normalized spacial score (nSPS) is 15.4. The maximum Gasteiger partial charge on any atom is 0.302 e. The number of ether oxygens (including phenoxy) is 3. The number of esters is 1. The Kier molecular flexibility index (Phi) is 9.39. The van der Waals surface area contributed by atoms with E-state index in [-0.39, 0.29) is 23.7 Å². The molecule has 1 saturated heterocycles. The van der Waals surface area contributed by atoms with Crippen molar-refractivity contribution >= 4 is 28.5 Å². The van der Waals surface area contributed by atoms with Gasteiger partial charge in [0.1, 0.15) is 18.2 Å². The Morgan fingerprint density at radius 3 is 2.68 bits per heavy atom. The molecule has 1 aromatic heterocycles. The number of benzene rings is 2. The standard InChI is InChI=1S/C29H33ClF2N2O4/c1-20(35)38-19-29(9-3-4-23-24-17-22(36-2)6-8-27(24)33-18-25(23)30)10-12-34(13-11-29)14-15-37-28-16-21(31)5-7-26(28)32/h5-8,16-18H,3-4,9-15,19H2,1-2H3.